The van der Waals surface area contributed by atoms with Gasteiger partial charge < -0.3 is 15.7 Å². The lowest BCUT2D eigenvalue weighted by Gasteiger charge is -2.38. The Morgan fingerprint density at radius 1 is 1.41 bits per heavy atom. The highest BCUT2D eigenvalue weighted by Crippen LogP contribution is 2.19. The van der Waals surface area contributed by atoms with Crippen LogP contribution in [0.3, 0.4) is 0 Å². The van der Waals surface area contributed by atoms with Crippen LogP contribution in [0, 0.1) is 18.3 Å². The minimum absolute atomic E-state index is 0.0692. The normalized spacial score (nSPS) is 21.8. The summed E-state index contributed by atoms with van der Waals surface area (Å²) in [4.78, 5) is 14.1. The Morgan fingerprint density at radius 3 is 2.86 bits per heavy atom. The molecule has 22 heavy (non-hydrogen) atoms. The molecule has 1 aromatic rings. The molecule has 2 atom stereocenters. The summed E-state index contributed by atoms with van der Waals surface area (Å²) in [5, 5.41) is 15.0. The van der Waals surface area contributed by atoms with Crippen molar-refractivity contribution in [2.75, 3.05) is 26.2 Å². The number of nitrogens with zero attached hydrogens (tertiary/aromatic N) is 1. The van der Waals surface area contributed by atoms with E-state index in [2.05, 4.69) is 33.6 Å². The van der Waals surface area contributed by atoms with E-state index in [1.54, 1.807) is 0 Å². The van der Waals surface area contributed by atoms with Crippen molar-refractivity contribution in [1.29, 1.82) is 0 Å². The predicted molar refractivity (Wildman–Crippen MR) is 86.1 cm³/mol. The first-order valence-electron chi connectivity index (χ1n) is 7.58. The average molecular weight is 301 g/mol. The van der Waals surface area contributed by atoms with Gasteiger partial charge in [0.1, 0.15) is 0 Å². The Balaban J connectivity index is 1.91. The van der Waals surface area contributed by atoms with E-state index in [0.717, 1.165) is 26.1 Å². The second-order valence-corrected chi connectivity index (χ2v) is 5.59. The number of benzene rings is 1. The molecule has 2 unspecified atom stereocenters. The van der Waals surface area contributed by atoms with Gasteiger partial charge >= 0.3 is 6.03 Å². The molecule has 1 aliphatic heterocycles. The van der Waals surface area contributed by atoms with Crippen LogP contribution < -0.4 is 10.6 Å². The first-order chi connectivity index (χ1) is 10.7. The van der Waals surface area contributed by atoms with E-state index in [9.17, 15) is 9.90 Å². The number of aliphatic hydroxyl groups excluding tert-OH is 1. The lowest BCUT2D eigenvalue weighted by atomic mass is 9.92. The van der Waals surface area contributed by atoms with Crippen LogP contribution in [0.15, 0.2) is 30.3 Å². The van der Waals surface area contributed by atoms with E-state index in [1.165, 1.54) is 5.56 Å². The number of nitrogens with one attached hydrogen (secondary N) is 2. The fraction of sp³-hybridized carbons (Fsp3) is 0.471. The molecule has 118 valence electrons. The van der Waals surface area contributed by atoms with E-state index < -0.39 is 0 Å². The monoisotopic (exact) mass is 301 g/mol. The van der Waals surface area contributed by atoms with Crippen molar-refractivity contribution in [2.45, 2.75) is 19.0 Å². The van der Waals surface area contributed by atoms with E-state index in [-0.39, 0.29) is 31.1 Å². The van der Waals surface area contributed by atoms with Crippen LogP contribution in [0.5, 0.6) is 0 Å². The van der Waals surface area contributed by atoms with Gasteiger partial charge in [-0.1, -0.05) is 36.3 Å². The minimum atomic E-state index is -0.275. The van der Waals surface area contributed by atoms with E-state index in [4.69, 9.17) is 6.42 Å². The zero-order valence-corrected chi connectivity index (χ0v) is 12.7. The predicted octanol–water partition coefficient (Wildman–Crippen LogP) is 0.802. The van der Waals surface area contributed by atoms with Crippen LogP contribution in [0.25, 0.3) is 0 Å². The molecule has 1 heterocycles. The Bertz CT molecular complexity index is 512. The molecular formula is C17H23N3O2. The standard InChI is InChI=1S/C17H23N3O2/c1-2-9-18-17(22)19-16-12-20(10-8-15(16)13-21)11-14-6-4-3-5-7-14/h1,3-7,15-16,21H,8-13H2,(H2,18,19,22). The fourth-order valence-corrected chi connectivity index (χ4v) is 2.79. The number of aliphatic hydroxyl groups is 1. The highest BCUT2D eigenvalue weighted by molar-refractivity contribution is 5.74. The van der Waals surface area contributed by atoms with Gasteiger partial charge in [0.15, 0.2) is 0 Å². The van der Waals surface area contributed by atoms with Crippen LogP contribution in [0.2, 0.25) is 0 Å². The maximum atomic E-state index is 11.8. The molecule has 1 fully saturated rings. The van der Waals surface area contributed by atoms with Crippen LogP contribution in [0.1, 0.15) is 12.0 Å². The molecule has 5 nitrogen and oxygen atoms in total. The summed E-state index contributed by atoms with van der Waals surface area (Å²) in [7, 11) is 0. The van der Waals surface area contributed by atoms with Crippen LogP contribution in [-0.4, -0.2) is 48.3 Å². The van der Waals surface area contributed by atoms with Gasteiger partial charge in [-0.25, -0.2) is 4.79 Å². The smallest absolute Gasteiger partial charge is 0.315 e. The minimum Gasteiger partial charge on any atom is -0.396 e. The summed E-state index contributed by atoms with van der Waals surface area (Å²) in [5.41, 5.74) is 1.25. The third-order valence-corrected chi connectivity index (χ3v) is 3.99. The van der Waals surface area contributed by atoms with Gasteiger partial charge in [0.2, 0.25) is 0 Å². The average Bonchev–Trinajstić information content (AvgIpc) is 2.54. The Hall–Kier alpha value is -2.03. The summed E-state index contributed by atoms with van der Waals surface area (Å²) >= 11 is 0. The van der Waals surface area contributed by atoms with Gasteiger partial charge in [-0.2, -0.15) is 0 Å². The molecule has 0 aliphatic carbocycles. The first kappa shape index (κ1) is 16.3. The molecule has 1 saturated heterocycles. The van der Waals surface area contributed by atoms with Gasteiger partial charge in [-0.15, -0.1) is 6.42 Å². The SMILES string of the molecule is C#CCNC(=O)NC1CN(Cc2ccccc2)CCC1CO. The summed E-state index contributed by atoms with van der Waals surface area (Å²) in [6, 6.07) is 9.91. The summed E-state index contributed by atoms with van der Waals surface area (Å²) in [6.45, 7) is 2.78. The Kier molecular flexibility index (Phi) is 6.26. The Morgan fingerprint density at radius 2 is 2.18 bits per heavy atom. The largest absolute Gasteiger partial charge is 0.396 e. The maximum absolute atomic E-state index is 11.8. The first-order valence-corrected chi connectivity index (χ1v) is 7.58. The lowest BCUT2D eigenvalue weighted by molar-refractivity contribution is 0.0948. The van der Waals surface area contributed by atoms with Crippen molar-refractivity contribution in [3.8, 4) is 12.3 Å². The fourth-order valence-electron chi connectivity index (χ4n) is 2.79. The van der Waals surface area contributed by atoms with Gasteiger partial charge in [0.25, 0.3) is 0 Å². The summed E-state index contributed by atoms with van der Waals surface area (Å²) < 4.78 is 0. The number of hydrogen-bond donors (Lipinski definition) is 3. The third kappa shape index (κ3) is 4.76. The van der Waals surface area contributed by atoms with E-state index >= 15 is 0 Å². The second-order valence-electron chi connectivity index (χ2n) is 5.59. The topological polar surface area (TPSA) is 64.6 Å². The van der Waals surface area contributed by atoms with Crippen molar-refractivity contribution in [1.82, 2.24) is 15.5 Å². The molecule has 2 rings (SSSR count). The van der Waals surface area contributed by atoms with Crippen molar-refractivity contribution in [2.24, 2.45) is 5.92 Å². The lowest BCUT2D eigenvalue weighted by Crippen LogP contribution is -2.55. The molecule has 0 aromatic heterocycles. The van der Waals surface area contributed by atoms with Gasteiger partial charge in [-0.3, -0.25) is 4.90 Å². The molecule has 0 bridgehead atoms. The molecule has 0 saturated carbocycles. The molecule has 0 radical (unpaired) electrons. The van der Waals surface area contributed by atoms with Crippen LogP contribution in [-0.2, 0) is 6.54 Å². The number of amides is 2. The molecule has 3 N–H and O–H groups in total. The zero-order chi connectivity index (χ0) is 15.8. The molecule has 2 amide bonds. The van der Waals surface area contributed by atoms with Crippen LogP contribution >= 0.6 is 0 Å². The number of rotatable bonds is 5. The Labute approximate surface area is 131 Å². The van der Waals surface area contributed by atoms with Gasteiger partial charge in [-0.05, 0) is 18.5 Å². The van der Waals surface area contributed by atoms with Crippen molar-refractivity contribution < 1.29 is 9.90 Å². The zero-order valence-electron chi connectivity index (χ0n) is 12.7. The number of likely N-dealkylation sites (tertiary alicyclic amines) is 1. The number of piperidine rings is 1. The van der Waals surface area contributed by atoms with Gasteiger partial charge in [0.05, 0.1) is 6.54 Å². The maximum Gasteiger partial charge on any atom is 0.315 e. The summed E-state index contributed by atoms with van der Waals surface area (Å²) in [5.74, 6) is 2.46. The number of terminal acetylenes is 1. The molecular weight excluding hydrogens is 278 g/mol. The van der Waals surface area contributed by atoms with Crippen molar-refractivity contribution >= 4 is 6.03 Å². The van der Waals surface area contributed by atoms with E-state index in [1.807, 2.05) is 18.2 Å². The molecule has 5 heteroatoms. The number of hydrogen-bond acceptors (Lipinski definition) is 3. The molecule has 1 aromatic carbocycles. The number of urea groups is 1. The molecule has 1 aliphatic rings. The van der Waals surface area contributed by atoms with Crippen molar-refractivity contribution in [3.05, 3.63) is 35.9 Å². The highest BCUT2D eigenvalue weighted by Gasteiger charge is 2.29. The number of carbonyl (C=O) groups excluding carboxylic acids is 1. The quantitative estimate of drug-likeness (QED) is 0.705. The van der Waals surface area contributed by atoms with E-state index in [0.29, 0.717) is 0 Å². The molecule has 0 spiro atoms. The van der Waals surface area contributed by atoms with Gasteiger partial charge in [0, 0.05) is 31.7 Å². The van der Waals surface area contributed by atoms with Crippen LogP contribution in [0.4, 0.5) is 4.79 Å². The summed E-state index contributed by atoms with van der Waals surface area (Å²) in [6.07, 6.45) is 6.00. The number of carbonyl (C=O) groups is 1. The highest BCUT2D eigenvalue weighted by atomic mass is 16.3. The second kappa shape index (κ2) is 8.42. The van der Waals surface area contributed by atoms with Crippen molar-refractivity contribution in [3.63, 3.8) is 0 Å². The third-order valence-electron chi connectivity index (χ3n) is 3.99.